The molecule has 1 N–H and O–H groups in total. The number of amides is 1. The van der Waals surface area contributed by atoms with E-state index in [9.17, 15) is 36.3 Å². The fraction of sp³-hybridized carbons (Fsp3) is 0.297. The fourth-order valence-electron chi connectivity index (χ4n) is 5.62. The third kappa shape index (κ3) is 8.08. The summed E-state index contributed by atoms with van der Waals surface area (Å²) in [5.41, 5.74) is 2.32. The van der Waals surface area contributed by atoms with Crippen molar-refractivity contribution in [1.82, 2.24) is 4.31 Å². The predicted octanol–water partition coefficient (Wildman–Crippen LogP) is 8.34. The van der Waals surface area contributed by atoms with Crippen LogP contribution in [0.3, 0.4) is 0 Å². The first kappa shape index (κ1) is 38.7. The summed E-state index contributed by atoms with van der Waals surface area (Å²) in [7, 11) is -4.41. The lowest BCUT2D eigenvalue weighted by Gasteiger charge is -2.29. The van der Waals surface area contributed by atoms with Crippen LogP contribution in [0, 0.1) is 29.1 Å². The number of carboxylic acid groups (broad SMARTS) is 1. The molecule has 4 aromatic carbocycles. The molecule has 1 aliphatic carbocycles. The molecule has 0 aliphatic heterocycles. The highest BCUT2D eigenvalue weighted by molar-refractivity contribution is 7.89. The number of aromatic carboxylic acids is 1. The number of carbonyl (C=O) groups is 2. The van der Waals surface area contributed by atoms with Gasteiger partial charge in [-0.05, 0) is 70.7 Å². The summed E-state index contributed by atoms with van der Waals surface area (Å²) in [6.45, 7) is 3.96. The fourth-order valence-corrected chi connectivity index (χ4v) is 7.24. The van der Waals surface area contributed by atoms with Gasteiger partial charge in [0.25, 0.3) is 0 Å². The Labute approximate surface area is 302 Å². The van der Waals surface area contributed by atoms with Crippen molar-refractivity contribution in [3.8, 4) is 5.75 Å². The van der Waals surface area contributed by atoms with Gasteiger partial charge in [0.2, 0.25) is 21.7 Å². The molecule has 15 heteroatoms. The van der Waals surface area contributed by atoms with Gasteiger partial charge in [0, 0.05) is 23.3 Å². The number of sulfonamides is 1. The molecule has 0 heterocycles. The molecule has 276 valence electrons. The summed E-state index contributed by atoms with van der Waals surface area (Å²) >= 11 is 5.97. The van der Waals surface area contributed by atoms with Crippen LogP contribution in [0.25, 0.3) is 0 Å². The number of carbonyl (C=O) groups excluding carboxylic acids is 1. The summed E-state index contributed by atoms with van der Waals surface area (Å²) in [6.07, 6.45) is 1.94. The Hall–Kier alpha value is -4.53. The zero-order chi connectivity index (χ0) is 38.3. The van der Waals surface area contributed by atoms with Crippen LogP contribution < -0.4 is 9.64 Å². The Morgan fingerprint density at radius 1 is 0.846 bits per heavy atom. The number of ether oxygens (including phenoxy) is 1. The van der Waals surface area contributed by atoms with Crippen LogP contribution in [0.4, 0.5) is 27.6 Å². The first-order chi connectivity index (χ1) is 24.3. The lowest BCUT2D eigenvalue weighted by Crippen LogP contribution is -2.43. The molecule has 0 atom stereocenters. The van der Waals surface area contributed by atoms with Gasteiger partial charge < -0.3 is 14.7 Å². The molecule has 1 amide bonds. The van der Waals surface area contributed by atoms with E-state index < -0.39 is 69.0 Å². The molecule has 8 nitrogen and oxygen atoms in total. The van der Waals surface area contributed by atoms with E-state index in [0.717, 1.165) is 28.9 Å². The van der Waals surface area contributed by atoms with Gasteiger partial charge in [0.05, 0.1) is 20.2 Å². The van der Waals surface area contributed by atoms with Gasteiger partial charge in [0.1, 0.15) is 11.3 Å². The van der Waals surface area contributed by atoms with Crippen LogP contribution >= 0.6 is 11.6 Å². The van der Waals surface area contributed by atoms with Crippen molar-refractivity contribution in [2.24, 2.45) is 0 Å². The molecule has 0 saturated heterocycles. The standard InChI is InChI=1S/C37H34ClF5N2O6S/c1-37(2,3)24-14-21(13-23(15-24)22-7-8-22)18-45(26-11-12-27(36(47)48)28(16-26)51-4)29(46)19-44(17-20-5-9-25(38)10-6-20)52(49,50)35-33(42)31(40)30(39)32(41)34(35)43/h5-6,9-16,22H,7-8,17-19H2,1-4H3,(H,47,48). The van der Waals surface area contributed by atoms with Crippen LogP contribution in [-0.4, -0.2) is 43.4 Å². The van der Waals surface area contributed by atoms with E-state index in [1.807, 2.05) is 32.9 Å². The van der Waals surface area contributed by atoms with E-state index in [1.165, 1.54) is 49.6 Å². The number of hydrogen-bond donors (Lipinski definition) is 1. The molecular formula is C37H34ClF5N2O6S. The van der Waals surface area contributed by atoms with Gasteiger partial charge in [-0.1, -0.05) is 62.7 Å². The molecule has 1 aliphatic rings. The summed E-state index contributed by atoms with van der Waals surface area (Å²) in [4.78, 5) is 25.3. The molecule has 0 unspecified atom stereocenters. The van der Waals surface area contributed by atoms with Gasteiger partial charge in [-0.15, -0.1) is 0 Å². The van der Waals surface area contributed by atoms with Crippen LogP contribution in [0.2, 0.25) is 5.02 Å². The lowest BCUT2D eigenvalue weighted by molar-refractivity contribution is -0.119. The number of rotatable bonds is 12. The van der Waals surface area contributed by atoms with Crippen LogP contribution in [0.5, 0.6) is 5.75 Å². The maximum Gasteiger partial charge on any atom is 0.339 e. The smallest absolute Gasteiger partial charge is 0.339 e. The van der Waals surface area contributed by atoms with Crippen LogP contribution in [-0.2, 0) is 33.3 Å². The average molecular weight is 765 g/mol. The van der Waals surface area contributed by atoms with Crippen molar-refractivity contribution in [2.75, 3.05) is 18.6 Å². The van der Waals surface area contributed by atoms with E-state index in [0.29, 0.717) is 15.8 Å². The zero-order valence-electron chi connectivity index (χ0n) is 28.4. The van der Waals surface area contributed by atoms with E-state index >= 15 is 8.78 Å². The number of nitrogens with zero attached hydrogens (tertiary/aromatic N) is 2. The third-order valence-corrected chi connectivity index (χ3v) is 10.7. The van der Waals surface area contributed by atoms with Crippen LogP contribution in [0.1, 0.15) is 72.1 Å². The molecule has 1 saturated carbocycles. The Bertz CT molecular complexity index is 2130. The van der Waals surface area contributed by atoms with Gasteiger partial charge in [-0.2, -0.15) is 4.31 Å². The Morgan fingerprint density at radius 3 is 1.98 bits per heavy atom. The van der Waals surface area contributed by atoms with Crippen molar-refractivity contribution in [1.29, 1.82) is 0 Å². The van der Waals surface area contributed by atoms with Gasteiger partial charge in [-0.3, -0.25) is 4.79 Å². The number of benzene rings is 4. The van der Waals surface area contributed by atoms with Crippen molar-refractivity contribution in [3.05, 3.63) is 123 Å². The minimum Gasteiger partial charge on any atom is -0.496 e. The van der Waals surface area contributed by atoms with Gasteiger partial charge in [0.15, 0.2) is 28.2 Å². The number of carboxylic acids is 1. The second-order valence-electron chi connectivity index (χ2n) is 13.5. The highest BCUT2D eigenvalue weighted by atomic mass is 35.5. The second-order valence-corrected chi connectivity index (χ2v) is 15.8. The van der Waals surface area contributed by atoms with Crippen LogP contribution in [0.15, 0.2) is 65.6 Å². The number of anilines is 1. The minimum absolute atomic E-state index is 0.0704. The topological polar surface area (TPSA) is 104 Å². The zero-order valence-corrected chi connectivity index (χ0v) is 30.0. The maximum absolute atomic E-state index is 15.0. The molecular weight excluding hydrogens is 731 g/mol. The maximum atomic E-state index is 15.0. The molecule has 0 spiro atoms. The molecule has 5 rings (SSSR count). The first-order valence-electron chi connectivity index (χ1n) is 16.0. The van der Waals surface area contributed by atoms with E-state index in [-0.39, 0.29) is 39.5 Å². The summed E-state index contributed by atoms with van der Waals surface area (Å²) in [5, 5.41) is 9.91. The van der Waals surface area contributed by atoms with E-state index in [2.05, 4.69) is 6.07 Å². The Balaban J connectivity index is 1.65. The largest absolute Gasteiger partial charge is 0.496 e. The lowest BCUT2D eigenvalue weighted by atomic mass is 9.84. The third-order valence-electron chi connectivity index (χ3n) is 8.65. The van der Waals surface area contributed by atoms with E-state index in [4.69, 9.17) is 16.3 Å². The van der Waals surface area contributed by atoms with Gasteiger partial charge >= 0.3 is 5.97 Å². The number of methoxy groups -OCH3 is 1. The number of hydrogen-bond acceptors (Lipinski definition) is 5. The number of halogens is 6. The molecule has 0 radical (unpaired) electrons. The minimum atomic E-state index is -5.63. The average Bonchev–Trinajstić information content (AvgIpc) is 3.94. The Kier molecular flexibility index (Phi) is 11.0. The summed E-state index contributed by atoms with van der Waals surface area (Å²) < 4.78 is 106. The monoisotopic (exact) mass is 764 g/mol. The predicted molar refractivity (Wildman–Crippen MR) is 184 cm³/mol. The SMILES string of the molecule is COc1cc(N(Cc2cc(C3CC3)cc(C(C)(C)C)c2)C(=O)CN(Cc2ccc(Cl)cc2)S(=O)(=O)c2c(F)c(F)c(F)c(F)c2F)ccc1C(=O)O. The first-order valence-corrected chi connectivity index (χ1v) is 17.8. The molecule has 52 heavy (non-hydrogen) atoms. The molecule has 4 aromatic rings. The van der Waals surface area contributed by atoms with Crippen molar-refractivity contribution < 1.29 is 49.8 Å². The van der Waals surface area contributed by atoms with Crippen molar-refractivity contribution in [2.45, 2.75) is 62.9 Å². The molecule has 1 fully saturated rings. The summed E-state index contributed by atoms with van der Waals surface area (Å²) in [5.74, 6) is -14.8. The van der Waals surface area contributed by atoms with Gasteiger partial charge in [-0.25, -0.2) is 35.2 Å². The van der Waals surface area contributed by atoms with Crippen molar-refractivity contribution >= 4 is 39.2 Å². The quantitative estimate of drug-likeness (QED) is 0.0884. The normalized spacial score (nSPS) is 13.4. The second kappa shape index (κ2) is 14.8. The van der Waals surface area contributed by atoms with Crippen molar-refractivity contribution in [3.63, 3.8) is 0 Å². The highest BCUT2D eigenvalue weighted by Crippen LogP contribution is 2.42. The summed E-state index contributed by atoms with van der Waals surface area (Å²) in [6, 6.07) is 15.1. The Morgan fingerprint density at radius 2 is 1.44 bits per heavy atom. The highest BCUT2D eigenvalue weighted by Gasteiger charge is 2.39. The molecule has 0 aromatic heterocycles. The molecule has 0 bridgehead atoms. The van der Waals surface area contributed by atoms with E-state index in [1.54, 1.807) is 0 Å².